The summed E-state index contributed by atoms with van der Waals surface area (Å²) in [5.74, 6) is 0. The molecular weight excluding hydrogens is 304 g/mol. The van der Waals surface area contributed by atoms with Crippen molar-refractivity contribution >= 4 is 33.9 Å². The third-order valence-corrected chi connectivity index (χ3v) is 4.44. The standard InChI is InChI=1S/C15H18N2O2S2/c18-21(12-2-1-7-16-13-20)15-5-3-14(4-6-15)17-8-10-19-11-9-17/h2-6,12H,1,7-11H2/b12-2+. The molecule has 0 aromatic heterocycles. The van der Waals surface area contributed by atoms with Gasteiger partial charge in [-0.25, -0.2) is 9.20 Å². The van der Waals surface area contributed by atoms with Gasteiger partial charge < -0.3 is 9.64 Å². The second-order valence-electron chi connectivity index (χ2n) is 4.52. The third-order valence-electron chi connectivity index (χ3n) is 3.14. The molecule has 1 heterocycles. The minimum atomic E-state index is -1.11. The lowest BCUT2D eigenvalue weighted by Crippen LogP contribution is -2.36. The predicted molar refractivity (Wildman–Crippen MR) is 89.5 cm³/mol. The molecule has 6 heteroatoms. The zero-order valence-corrected chi connectivity index (χ0v) is 13.4. The van der Waals surface area contributed by atoms with Crippen LogP contribution in [0.4, 0.5) is 5.69 Å². The van der Waals surface area contributed by atoms with Crippen LogP contribution in [0.15, 0.2) is 45.6 Å². The molecule has 4 nitrogen and oxygen atoms in total. The second-order valence-corrected chi connectivity index (χ2v) is 6.05. The minimum Gasteiger partial charge on any atom is -0.378 e. The van der Waals surface area contributed by atoms with Crippen molar-refractivity contribution in [2.75, 3.05) is 37.7 Å². The van der Waals surface area contributed by atoms with Gasteiger partial charge in [0.05, 0.1) is 35.7 Å². The molecule has 0 bridgehead atoms. The van der Waals surface area contributed by atoms with Crippen LogP contribution < -0.4 is 4.90 Å². The van der Waals surface area contributed by atoms with Crippen molar-refractivity contribution in [3.05, 3.63) is 35.7 Å². The lowest BCUT2D eigenvalue weighted by Gasteiger charge is -2.28. The van der Waals surface area contributed by atoms with Gasteiger partial charge in [-0.15, -0.1) is 0 Å². The fourth-order valence-corrected chi connectivity index (χ4v) is 2.99. The lowest BCUT2D eigenvalue weighted by molar-refractivity contribution is 0.122. The van der Waals surface area contributed by atoms with Crippen molar-refractivity contribution in [2.24, 2.45) is 4.99 Å². The summed E-state index contributed by atoms with van der Waals surface area (Å²) in [5.41, 5.74) is 1.15. The molecule has 1 aliphatic rings. The van der Waals surface area contributed by atoms with Gasteiger partial charge in [0.25, 0.3) is 0 Å². The lowest BCUT2D eigenvalue weighted by atomic mass is 10.2. The summed E-state index contributed by atoms with van der Waals surface area (Å²) in [5, 5.41) is 4.01. The molecule has 1 aromatic carbocycles. The van der Waals surface area contributed by atoms with E-state index in [1.54, 1.807) is 5.41 Å². The molecule has 1 fully saturated rings. The molecule has 0 spiro atoms. The molecule has 1 aliphatic heterocycles. The van der Waals surface area contributed by atoms with Crippen molar-refractivity contribution < 1.29 is 8.95 Å². The number of morpholine rings is 1. The van der Waals surface area contributed by atoms with Crippen LogP contribution in [0.25, 0.3) is 0 Å². The fraction of sp³-hybridized carbons (Fsp3) is 0.400. The van der Waals surface area contributed by atoms with Crippen LogP contribution in [0.1, 0.15) is 6.42 Å². The van der Waals surface area contributed by atoms with Crippen molar-refractivity contribution in [2.45, 2.75) is 11.3 Å². The predicted octanol–water partition coefficient (Wildman–Crippen LogP) is 2.64. The van der Waals surface area contributed by atoms with E-state index >= 15 is 0 Å². The highest BCUT2D eigenvalue weighted by Crippen LogP contribution is 2.18. The van der Waals surface area contributed by atoms with Crippen LogP contribution >= 0.6 is 12.2 Å². The van der Waals surface area contributed by atoms with Crippen LogP contribution in [0, 0.1) is 0 Å². The Hall–Kier alpha value is -1.33. The number of anilines is 1. The van der Waals surface area contributed by atoms with Crippen LogP contribution in [0.2, 0.25) is 0 Å². The Morgan fingerprint density at radius 2 is 2.05 bits per heavy atom. The molecule has 1 saturated heterocycles. The van der Waals surface area contributed by atoms with E-state index < -0.39 is 10.8 Å². The van der Waals surface area contributed by atoms with Crippen LogP contribution in [0.5, 0.6) is 0 Å². The summed E-state index contributed by atoms with van der Waals surface area (Å²) < 4.78 is 17.4. The van der Waals surface area contributed by atoms with Gasteiger partial charge in [-0.3, -0.25) is 0 Å². The zero-order valence-electron chi connectivity index (χ0n) is 11.7. The van der Waals surface area contributed by atoms with Crippen molar-refractivity contribution in [3.8, 4) is 0 Å². The highest BCUT2D eigenvalue weighted by Gasteiger charge is 2.11. The Bertz CT molecular complexity index is 545. The summed E-state index contributed by atoms with van der Waals surface area (Å²) in [6, 6.07) is 7.87. The largest absolute Gasteiger partial charge is 0.378 e. The monoisotopic (exact) mass is 322 g/mol. The number of hydrogen-bond donors (Lipinski definition) is 0. The molecule has 0 aliphatic carbocycles. The van der Waals surface area contributed by atoms with Gasteiger partial charge in [0, 0.05) is 29.1 Å². The highest BCUT2D eigenvalue weighted by molar-refractivity contribution is 7.88. The summed E-state index contributed by atoms with van der Waals surface area (Å²) >= 11 is 4.48. The van der Waals surface area contributed by atoms with Crippen LogP contribution in [-0.2, 0) is 15.5 Å². The SMILES string of the molecule is O=S(/C=C/CCN=C=S)c1ccc(N2CCOCC2)cc1. The first-order valence-corrected chi connectivity index (χ1v) is 8.47. The summed E-state index contributed by atoms with van der Waals surface area (Å²) in [6.07, 6.45) is 2.59. The molecule has 0 radical (unpaired) electrons. The molecule has 0 amide bonds. The van der Waals surface area contributed by atoms with Crippen LogP contribution in [0.3, 0.4) is 0 Å². The summed E-state index contributed by atoms with van der Waals surface area (Å²) in [6.45, 7) is 3.93. The average Bonchev–Trinajstić information content (AvgIpc) is 2.55. The van der Waals surface area contributed by atoms with E-state index in [2.05, 4.69) is 27.3 Å². The number of nitrogens with zero attached hydrogens (tertiary/aromatic N) is 2. The first kappa shape index (κ1) is 16.0. The fourth-order valence-electron chi connectivity index (χ4n) is 2.03. The molecular formula is C15H18N2O2S2. The Morgan fingerprint density at radius 1 is 1.33 bits per heavy atom. The molecule has 21 heavy (non-hydrogen) atoms. The highest BCUT2D eigenvalue weighted by atomic mass is 32.2. The van der Waals surface area contributed by atoms with Gasteiger partial charge >= 0.3 is 0 Å². The van der Waals surface area contributed by atoms with E-state index in [1.807, 2.05) is 30.3 Å². The molecule has 1 atom stereocenters. The number of thiocarbonyl (C=S) groups is 1. The molecule has 1 unspecified atom stereocenters. The van der Waals surface area contributed by atoms with Gasteiger partial charge in [0.1, 0.15) is 0 Å². The van der Waals surface area contributed by atoms with E-state index in [9.17, 15) is 4.21 Å². The van der Waals surface area contributed by atoms with E-state index in [1.165, 1.54) is 0 Å². The second kappa shape index (κ2) is 8.85. The average molecular weight is 322 g/mol. The summed E-state index contributed by atoms with van der Waals surface area (Å²) in [4.78, 5) is 6.88. The number of isothiocyanates is 1. The Balaban J connectivity index is 1.91. The molecule has 0 N–H and O–H groups in total. The Labute approximate surface area is 133 Å². The van der Waals surface area contributed by atoms with Gasteiger partial charge in [-0.05, 0) is 42.9 Å². The number of ether oxygens (including phenoxy) is 1. The maximum Gasteiger partial charge on any atom is 0.0772 e. The smallest absolute Gasteiger partial charge is 0.0772 e. The van der Waals surface area contributed by atoms with Crippen LogP contribution in [-0.4, -0.2) is 42.2 Å². The summed E-state index contributed by atoms with van der Waals surface area (Å²) in [7, 11) is -1.11. The number of benzene rings is 1. The topological polar surface area (TPSA) is 41.9 Å². The van der Waals surface area contributed by atoms with Crippen molar-refractivity contribution in [1.82, 2.24) is 0 Å². The Morgan fingerprint density at radius 3 is 2.71 bits per heavy atom. The number of hydrogen-bond acceptors (Lipinski definition) is 5. The maximum absolute atomic E-state index is 12.1. The minimum absolute atomic E-state index is 0.590. The Kier molecular flexibility index (Phi) is 6.76. The van der Waals surface area contributed by atoms with Crippen molar-refractivity contribution in [1.29, 1.82) is 0 Å². The van der Waals surface area contributed by atoms with E-state index in [0.717, 1.165) is 43.3 Å². The maximum atomic E-state index is 12.1. The van der Waals surface area contributed by atoms with E-state index in [-0.39, 0.29) is 0 Å². The van der Waals surface area contributed by atoms with Gasteiger partial charge in [0.2, 0.25) is 0 Å². The molecule has 1 aromatic rings. The van der Waals surface area contributed by atoms with Gasteiger partial charge in [-0.2, -0.15) is 0 Å². The number of rotatable bonds is 6. The molecule has 0 saturated carbocycles. The quantitative estimate of drug-likeness (QED) is 0.459. The normalized spacial score (nSPS) is 16.7. The van der Waals surface area contributed by atoms with Gasteiger partial charge in [-0.1, -0.05) is 6.08 Å². The third kappa shape index (κ3) is 5.17. The first-order chi connectivity index (χ1) is 10.3. The van der Waals surface area contributed by atoms with E-state index in [0.29, 0.717) is 6.54 Å². The zero-order chi connectivity index (χ0) is 14.9. The van der Waals surface area contributed by atoms with Gasteiger partial charge in [0.15, 0.2) is 0 Å². The van der Waals surface area contributed by atoms with Crippen molar-refractivity contribution in [3.63, 3.8) is 0 Å². The van der Waals surface area contributed by atoms with E-state index in [4.69, 9.17) is 4.74 Å². The number of aliphatic imine (C=N–C) groups is 1. The molecule has 112 valence electrons. The first-order valence-electron chi connectivity index (χ1n) is 6.85. The molecule has 2 rings (SSSR count).